The van der Waals surface area contributed by atoms with Crippen molar-refractivity contribution in [1.82, 2.24) is 0 Å². The van der Waals surface area contributed by atoms with Crippen molar-refractivity contribution in [3.8, 4) is 0 Å². The Bertz CT molecular complexity index is 460. The maximum absolute atomic E-state index is 9.71. The van der Waals surface area contributed by atoms with E-state index in [2.05, 4.69) is 0 Å². The van der Waals surface area contributed by atoms with Crippen LogP contribution in [0.1, 0.15) is 0 Å². The Hall–Kier alpha value is 0.0296. The van der Waals surface area contributed by atoms with Crippen LogP contribution >= 0.6 is 17.9 Å². The fraction of sp³-hybridized carbons (Fsp3) is 0. The third kappa shape index (κ3) is 2.00. The van der Waals surface area contributed by atoms with E-state index in [0.717, 1.165) is 10.8 Å². The second-order valence-corrected chi connectivity index (χ2v) is 13.7. The van der Waals surface area contributed by atoms with Crippen molar-refractivity contribution in [2.45, 2.75) is 0 Å². The summed E-state index contributed by atoms with van der Waals surface area (Å²) in [4.78, 5) is 0. The first kappa shape index (κ1) is 10.5. The zero-order chi connectivity index (χ0) is 10.2. The van der Waals surface area contributed by atoms with Crippen molar-refractivity contribution in [3.05, 3.63) is 42.5 Å². The molecule has 0 bridgehead atoms. The van der Waals surface area contributed by atoms with Crippen LogP contribution in [0, 0.1) is 0 Å². The van der Waals surface area contributed by atoms with Crippen LogP contribution in [0.3, 0.4) is 0 Å². The standard InChI is InChI=1S/C10H8Cl2OTe/c11-14(12,13)10-7-3-5-8-4-1-2-6-9(8)10/h1-7,13H. The molecular formula is C10H8Cl2OTe. The first-order valence-corrected chi connectivity index (χ1v) is 12.1. The number of hydrogen-bond acceptors (Lipinski definition) is 1. The molecule has 2 aromatic carbocycles. The summed E-state index contributed by atoms with van der Waals surface area (Å²) in [5, 5.41) is 2.00. The summed E-state index contributed by atoms with van der Waals surface area (Å²) >= 11 is -3.78. The van der Waals surface area contributed by atoms with Crippen LogP contribution in [0.2, 0.25) is 0 Å². The van der Waals surface area contributed by atoms with Crippen molar-refractivity contribution in [2.24, 2.45) is 0 Å². The monoisotopic (exact) mass is 344 g/mol. The van der Waals surface area contributed by atoms with Crippen LogP contribution in [0.5, 0.6) is 0 Å². The molecular weight excluding hydrogens is 335 g/mol. The molecule has 0 saturated carbocycles. The Morgan fingerprint density at radius 3 is 2.29 bits per heavy atom. The van der Waals surface area contributed by atoms with Gasteiger partial charge in [-0.25, -0.2) is 0 Å². The van der Waals surface area contributed by atoms with Gasteiger partial charge in [-0.05, 0) is 0 Å². The molecule has 2 rings (SSSR count). The fourth-order valence-electron chi connectivity index (χ4n) is 1.41. The molecule has 0 saturated heterocycles. The summed E-state index contributed by atoms with van der Waals surface area (Å²) in [7, 11) is 11.7. The van der Waals surface area contributed by atoms with Gasteiger partial charge < -0.3 is 0 Å². The number of hydrogen-bond donors (Lipinski definition) is 1. The molecule has 0 aliphatic rings. The first-order chi connectivity index (χ1) is 6.59. The van der Waals surface area contributed by atoms with Crippen LogP contribution in [-0.4, -0.2) is 19.8 Å². The minimum atomic E-state index is -3.78. The summed E-state index contributed by atoms with van der Waals surface area (Å²) in [5.41, 5.74) is 0. The Morgan fingerprint density at radius 2 is 1.57 bits per heavy atom. The summed E-state index contributed by atoms with van der Waals surface area (Å²) in [6, 6.07) is 13.4. The average molecular weight is 343 g/mol. The molecule has 0 atom stereocenters. The number of benzene rings is 2. The van der Waals surface area contributed by atoms with E-state index < -0.39 is 16.4 Å². The minimum absolute atomic E-state index is 0.703. The molecule has 14 heavy (non-hydrogen) atoms. The number of fused-ring (bicyclic) bond motifs is 1. The van der Waals surface area contributed by atoms with Gasteiger partial charge in [0.1, 0.15) is 0 Å². The maximum atomic E-state index is 9.71. The van der Waals surface area contributed by atoms with Gasteiger partial charge in [0.15, 0.2) is 0 Å². The van der Waals surface area contributed by atoms with E-state index in [1.165, 1.54) is 0 Å². The Balaban J connectivity index is 2.78. The average Bonchev–Trinajstić information content (AvgIpc) is 2.15. The molecule has 74 valence electrons. The summed E-state index contributed by atoms with van der Waals surface area (Å²) in [6.07, 6.45) is 0. The van der Waals surface area contributed by atoms with Crippen LogP contribution in [0.4, 0.5) is 0 Å². The molecule has 0 amide bonds. The van der Waals surface area contributed by atoms with Gasteiger partial charge in [0, 0.05) is 0 Å². The normalized spacial score (nSPS) is 13.1. The van der Waals surface area contributed by atoms with Gasteiger partial charge in [0.2, 0.25) is 0 Å². The van der Waals surface area contributed by atoms with Gasteiger partial charge in [-0.2, -0.15) is 0 Å². The van der Waals surface area contributed by atoms with Crippen molar-refractivity contribution in [3.63, 3.8) is 0 Å². The molecule has 0 heterocycles. The topological polar surface area (TPSA) is 20.2 Å². The van der Waals surface area contributed by atoms with Crippen LogP contribution in [0.25, 0.3) is 10.8 Å². The second-order valence-electron chi connectivity index (χ2n) is 2.92. The van der Waals surface area contributed by atoms with E-state index in [9.17, 15) is 3.47 Å². The van der Waals surface area contributed by atoms with E-state index in [1.807, 2.05) is 36.4 Å². The SMILES string of the molecule is O[Te](Cl)(Cl)c1cccc2ccccc12. The molecule has 0 unspecified atom stereocenters. The summed E-state index contributed by atoms with van der Waals surface area (Å²) < 4.78 is 10.4. The van der Waals surface area contributed by atoms with Gasteiger partial charge in [0.05, 0.1) is 0 Å². The molecule has 0 spiro atoms. The van der Waals surface area contributed by atoms with Crippen molar-refractivity contribution in [2.75, 3.05) is 0 Å². The van der Waals surface area contributed by atoms with E-state index in [0.29, 0.717) is 3.61 Å². The van der Waals surface area contributed by atoms with Gasteiger partial charge >= 0.3 is 94.6 Å². The summed E-state index contributed by atoms with van der Waals surface area (Å²) in [5.74, 6) is 0. The van der Waals surface area contributed by atoms with Crippen LogP contribution in [-0.2, 0) is 0 Å². The third-order valence-corrected chi connectivity index (χ3v) is 6.77. The number of halogens is 2. The van der Waals surface area contributed by atoms with Crippen LogP contribution < -0.4 is 3.61 Å². The van der Waals surface area contributed by atoms with Gasteiger partial charge in [0.25, 0.3) is 0 Å². The predicted octanol–water partition coefficient (Wildman–Crippen LogP) is 2.46. The fourth-order valence-corrected chi connectivity index (χ4v) is 5.19. The van der Waals surface area contributed by atoms with E-state index in [1.54, 1.807) is 6.07 Å². The zero-order valence-corrected chi connectivity index (χ0v) is 11.0. The van der Waals surface area contributed by atoms with Crippen molar-refractivity contribution >= 4 is 48.7 Å². The van der Waals surface area contributed by atoms with E-state index >= 15 is 0 Å². The predicted molar refractivity (Wildman–Crippen MR) is 63.3 cm³/mol. The van der Waals surface area contributed by atoms with E-state index in [4.69, 9.17) is 17.9 Å². The van der Waals surface area contributed by atoms with Gasteiger partial charge in [-0.15, -0.1) is 0 Å². The van der Waals surface area contributed by atoms with Gasteiger partial charge in [-0.3, -0.25) is 0 Å². The molecule has 1 N–H and O–H groups in total. The first-order valence-electron chi connectivity index (χ1n) is 4.02. The zero-order valence-electron chi connectivity index (χ0n) is 7.15. The second kappa shape index (κ2) is 3.89. The number of rotatable bonds is 1. The molecule has 1 nitrogen and oxygen atoms in total. The molecule has 0 radical (unpaired) electrons. The van der Waals surface area contributed by atoms with E-state index in [-0.39, 0.29) is 0 Å². The van der Waals surface area contributed by atoms with Gasteiger partial charge in [-0.1, -0.05) is 0 Å². The quantitative estimate of drug-likeness (QED) is 0.789. The van der Waals surface area contributed by atoms with Crippen LogP contribution in [0.15, 0.2) is 42.5 Å². The van der Waals surface area contributed by atoms with Crippen molar-refractivity contribution in [1.29, 1.82) is 0 Å². The summed E-state index contributed by atoms with van der Waals surface area (Å²) in [6.45, 7) is 0. The Kier molecular flexibility index (Phi) is 2.93. The van der Waals surface area contributed by atoms with Crippen molar-refractivity contribution < 1.29 is 3.47 Å². The molecule has 0 aromatic heterocycles. The molecule has 4 heteroatoms. The molecule has 0 aliphatic heterocycles. The molecule has 2 aromatic rings. The molecule has 0 aliphatic carbocycles. The third-order valence-electron chi connectivity index (χ3n) is 2.01. The Labute approximate surface area is 94.1 Å². The molecule has 0 fully saturated rings. The Morgan fingerprint density at radius 1 is 0.929 bits per heavy atom.